The van der Waals surface area contributed by atoms with Crippen LogP contribution >= 0.6 is 0 Å². The molecule has 0 spiro atoms. The summed E-state index contributed by atoms with van der Waals surface area (Å²) in [7, 11) is -3.69. The highest BCUT2D eigenvalue weighted by Crippen LogP contribution is 2.31. The zero-order chi connectivity index (χ0) is 19.3. The lowest BCUT2D eigenvalue weighted by atomic mass is 10.0. The van der Waals surface area contributed by atoms with Crippen LogP contribution in [-0.2, 0) is 10.0 Å². The van der Waals surface area contributed by atoms with Crippen molar-refractivity contribution < 1.29 is 8.42 Å². The average molecular weight is 379 g/mol. The van der Waals surface area contributed by atoms with Crippen molar-refractivity contribution in [2.45, 2.75) is 31.7 Å². The first-order valence-corrected chi connectivity index (χ1v) is 10.3. The van der Waals surface area contributed by atoms with Gasteiger partial charge in [-0.3, -0.25) is 4.98 Å². The van der Waals surface area contributed by atoms with E-state index in [0.29, 0.717) is 0 Å². The Bertz CT molecular complexity index is 1270. The number of rotatable bonds is 3. The van der Waals surface area contributed by atoms with Crippen LogP contribution in [0, 0.1) is 13.8 Å². The van der Waals surface area contributed by atoms with E-state index in [1.807, 2.05) is 18.3 Å². The van der Waals surface area contributed by atoms with E-state index in [4.69, 9.17) is 5.14 Å². The summed E-state index contributed by atoms with van der Waals surface area (Å²) in [5, 5.41) is 7.40. The first-order valence-electron chi connectivity index (χ1n) is 8.75. The summed E-state index contributed by atoms with van der Waals surface area (Å²) in [5.74, 6) is 0. The highest BCUT2D eigenvalue weighted by molar-refractivity contribution is 7.89. The van der Waals surface area contributed by atoms with E-state index in [-0.39, 0.29) is 10.9 Å². The summed E-state index contributed by atoms with van der Waals surface area (Å²) in [6.45, 7) is 6.30. The third-order valence-corrected chi connectivity index (χ3v) is 6.19. The van der Waals surface area contributed by atoms with Crippen molar-refractivity contribution >= 4 is 31.8 Å². The van der Waals surface area contributed by atoms with Crippen LogP contribution in [0.5, 0.6) is 0 Å². The molecule has 0 fully saturated rings. The average Bonchev–Trinajstić information content (AvgIpc) is 3.06. The van der Waals surface area contributed by atoms with Gasteiger partial charge >= 0.3 is 0 Å². The van der Waals surface area contributed by atoms with Crippen LogP contribution in [0.15, 0.2) is 59.8 Å². The van der Waals surface area contributed by atoms with Crippen molar-refractivity contribution in [2.75, 3.05) is 0 Å². The summed E-state index contributed by atoms with van der Waals surface area (Å²) in [6.07, 6.45) is 3.96. The van der Waals surface area contributed by atoms with Gasteiger partial charge in [-0.25, -0.2) is 13.6 Å². The second kappa shape index (κ2) is 6.18. The molecule has 0 saturated carbocycles. The van der Waals surface area contributed by atoms with Gasteiger partial charge in [0.15, 0.2) is 0 Å². The molecule has 0 amide bonds. The van der Waals surface area contributed by atoms with Gasteiger partial charge in [-0.2, -0.15) is 0 Å². The molecule has 0 aliphatic heterocycles. The molecule has 0 aliphatic carbocycles. The Morgan fingerprint density at radius 3 is 2.37 bits per heavy atom. The largest absolute Gasteiger partial charge is 0.340 e. The molecule has 4 aromatic rings. The molecule has 0 saturated heterocycles. The quantitative estimate of drug-likeness (QED) is 0.583. The van der Waals surface area contributed by atoms with E-state index in [9.17, 15) is 8.42 Å². The van der Waals surface area contributed by atoms with Crippen molar-refractivity contribution in [3.8, 4) is 0 Å². The van der Waals surface area contributed by atoms with Crippen molar-refractivity contribution in [3.63, 3.8) is 0 Å². The molecule has 0 unspecified atom stereocenters. The molecule has 2 aromatic carbocycles. The van der Waals surface area contributed by atoms with Crippen LogP contribution in [0.1, 0.15) is 29.7 Å². The first-order chi connectivity index (χ1) is 12.8. The van der Waals surface area contributed by atoms with Gasteiger partial charge in [-0.1, -0.05) is 12.1 Å². The van der Waals surface area contributed by atoms with E-state index in [1.165, 1.54) is 11.1 Å². The molecule has 5 nitrogen and oxygen atoms in total. The standard InChI is InChI=1S/C21H21N3O2S/c1-13-10-19-20(11-14(13)2)23-12-17-8-9-24(21(17)19)15(3)16-4-6-18(7-5-16)27(22,25)26/h4-12,15H,1-3H3,(H2,22,25,26)/t15-/m1/s1. The third-order valence-electron chi connectivity index (χ3n) is 5.26. The van der Waals surface area contributed by atoms with Gasteiger partial charge in [0.2, 0.25) is 10.0 Å². The molecular formula is C21H21N3O2S. The molecule has 0 aliphatic rings. The van der Waals surface area contributed by atoms with Gasteiger partial charge in [0.25, 0.3) is 0 Å². The smallest absolute Gasteiger partial charge is 0.238 e. The number of nitrogens with zero attached hydrogens (tertiary/aromatic N) is 2. The lowest BCUT2D eigenvalue weighted by Gasteiger charge is -2.17. The van der Waals surface area contributed by atoms with Gasteiger partial charge < -0.3 is 4.57 Å². The minimum atomic E-state index is -3.69. The van der Waals surface area contributed by atoms with E-state index in [0.717, 1.165) is 27.4 Å². The first kappa shape index (κ1) is 17.7. The van der Waals surface area contributed by atoms with Crippen LogP contribution in [0.25, 0.3) is 21.8 Å². The van der Waals surface area contributed by atoms with Gasteiger partial charge in [0, 0.05) is 23.2 Å². The highest BCUT2D eigenvalue weighted by Gasteiger charge is 2.15. The fraction of sp³-hybridized carbons (Fsp3) is 0.190. The molecule has 2 N–H and O–H groups in total. The van der Waals surface area contributed by atoms with Crippen molar-refractivity contribution in [1.82, 2.24) is 9.55 Å². The molecule has 0 bridgehead atoms. The van der Waals surface area contributed by atoms with E-state index in [1.54, 1.807) is 12.1 Å². The Hall–Kier alpha value is -2.70. The topological polar surface area (TPSA) is 78.0 Å². The number of fused-ring (bicyclic) bond motifs is 3. The predicted octanol–water partition coefficient (Wildman–Crippen LogP) is 4.06. The van der Waals surface area contributed by atoms with Crippen LogP contribution in [0.4, 0.5) is 0 Å². The zero-order valence-electron chi connectivity index (χ0n) is 15.5. The van der Waals surface area contributed by atoms with E-state index in [2.05, 4.69) is 54.7 Å². The van der Waals surface area contributed by atoms with Crippen LogP contribution in [-0.4, -0.2) is 18.0 Å². The van der Waals surface area contributed by atoms with Crippen LogP contribution in [0.2, 0.25) is 0 Å². The van der Waals surface area contributed by atoms with Crippen molar-refractivity contribution in [2.24, 2.45) is 5.14 Å². The maximum Gasteiger partial charge on any atom is 0.238 e. The molecule has 6 heteroatoms. The Morgan fingerprint density at radius 1 is 1.04 bits per heavy atom. The molecule has 138 valence electrons. The molecule has 1 atom stereocenters. The summed E-state index contributed by atoms with van der Waals surface area (Å²) in [5.41, 5.74) is 5.57. The fourth-order valence-corrected chi connectivity index (χ4v) is 4.03. The number of nitrogens with two attached hydrogens (primary N) is 1. The van der Waals surface area contributed by atoms with Crippen LogP contribution in [0.3, 0.4) is 0 Å². The minimum Gasteiger partial charge on any atom is -0.340 e. The molecule has 4 rings (SSSR count). The normalized spacial score (nSPS) is 13.3. The second-order valence-corrected chi connectivity index (χ2v) is 8.59. The minimum absolute atomic E-state index is 0.0317. The number of aromatic nitrogens is 2. The van der Waals surface area contributed by atoms with Crippen LogP contribution < -0.4 is 5.14 Å². The predicted molar refractivity (Wildman–Crippen MR) is 108 cm³/mol. The number of sulfonamides is 1. The van der Waals surface area contributed by atoms with Gasteiger partial charge in [0.1, 0.15) is 0 Å². The van der Waals surface area contributed by atoms with Gasteiger partial charge in [-0.05, 0) is 67.8 Å². The second-order valence-electron chi connectivity index (χ2n) is 7.03. The van der Waals surface area contributed by atoms with Crippen molar-refractivity contribution in [3.05, 3.63) is 71.5 Å². The fourth-order valence-electron chi connectivity index (χ4n) is 3.52. The Labute approximate surface area is 158 Å². The molecule has 2 aromatic heterocycles. The van der Waals surface area contributed by atoms with E-state index < -0.39 is 10.0 Å². The van der Waals surface area contributed by atoms with Gasteiger partial charge in [-0.15, -0.1) is 0 Å². The molecular weight excluding hydrogens is 358 g/mol. The lowest BCUT2D eigenvalue weighted by molar-refractivity contribution is 0.597. The number of benzene rings is 2. The number of primary sulfonamides is 1. The maximum atomic E-state index is 11.5. The number of aryl methyl sites for hydroxylation is 2. The molecule has 2 heterocycles. The monoisotopic (exact) mass is 379 g/mol. The lowest BCUT2D eigenvalue weighted by Crippen LogP contribution is -2.12. The third kappa shape index (κ3) is 3.01. The molecule has 27 heavy (non-hydrogen) atoms. The summed E-state index contributed by atoms with van der Waals surface area (Å²) >= 11 is 0. The highest BCUT2D eigenvalue weighted by atomic mass is 32.2. The number of hydrogen-bond donors (Lipinski definition) is 1. The van der Waals surface area contributed by atoms with Gasteiger partial charge in [0.05, 0.1) is 22.0 Å². The van der Waals surface area contributed by atoms with Crippen molar-refractivity contribution in [1.29, 1.82) is 0 Å². The Balaban J connectivity index is 1.88. The summed E-state index contributed by atoms with van der Waals surface area (Å²) in [4.78, 5) is 4.72. The SMILES string of the molecule is Cc1cc2ncc3ccn([C@H](C)c4ccc(S(N)(=O)=O)cc4)c3c2cc1C. The zero-order valence-corrected chi connectivity index (χ0v) is 16.3. The molecule has 0 radical (unpaired) electrons. The summed E-state index contributed by atoms with van der Waals surface area (Å²) < 4.78 is 25.2. The number of pyridine rings is 1. The van der Waals surface area contributed by atoms with E-state index >= 15 is 0 Å². The Morgan fingerprint density at radius 2 is 1.70 bits per heavy atom. The maximum absolute atomic E-state index is 11.5. The Kier molecular flexibility index (Phi) is 4.05. The summed E-state index contributed by atoms with van der Waals surface area (Å²) in [6, 6.07) is 13.1. The number of hydrogen-bond acceptors (Lipinski definition) is 3.